The molecular formula is C20H25N3O2. The van der Waals surface area contributed by atoms with Gasteiger partial charge in [0.1, 0.15) is 0 Å². The summed E-state index contributed by atoms with van der Waals surface area (Å²) in [5, 5.41) is 2.85. The molecule has 0 saturated heterocycles. The molecule has 5 heteroatoms. The van der Waals surface area contributed by atoms with Gasteiger partial charge < -0.3 is 15.1 Å². The molecule has 0 aliphatic rings. The maximum absolute atomic E-state index is 12.4. The quantitative estimate of drug-likeness (QED) is 0.876. The lowest BCUT2D eigenvalue weighted by Crippen LogP contribution is -2.30. The van der Waals surface area contributed by atoms with Crippen molar-refractivity contribution in [2.75, 3.05) is 37.4 Å². The van der Waals surface area contributed by atoms with Gasteiger partial charge in [-0.3, -0.25) is 9.59 Å². The average molecular weight is 339 g/mol. The molecule has 25 heavy (non-hydrogen) atoms. The van der Waals surface area contributed by atoms with E-state index in [2.05, 4.69) is 5.32 Å². The van der Waals surface area contributed by atoms with Crippen LogP contribution in [0.1, 0.15) is 34.6 Å². The summed E-state index contributed by atoms with van der Waals surface area (Å²) in [4.78, 5) is 28.6. The number of amides is 2. The molecule has 0 heterocycles. The zero-order valence-corrected chi connectivity index (χ0v) is 15.2. The maximum atomic E-state index is 12.4. The minimum atomic E-state index is -0.197. The number of anilines is 2. The van der Waals surface area contributed by atoms with Crippen LogP contribution >= 0.6 is 0 Å². The normalized spacial score (nSPS) is 10.2. The maximum Gasteiger partial charge on any atom is 0.255 e. The van der Waals surface area contributed by atoms with Gasteiger partial charge >= 0.3 is 0 Å². The lowest BCUT2D eigenvalue weighted by atomic mass is 10.1. The minimum absolute atomic E-state index is 0.0311. The van der Waals surface area contributed by atoms with Crippen molar-refractivity contribution in [1.82, 2.24) is 4.90 Å². The van der Waals surface area contributed by atoms with Crippen molar-refractivity contribution in [2.45, 2.75) is 13.8 Å². The molecule has 0 spiro atoms. The highest BCUT2D eigenvalue weighted by molar-refractivity contribution is 6.05. The number of nitrogens with zero attached hydrogens (tertiary/aromatic N) is 2. The van der Waals surface area contributed by atoms with Crippen LogP contribution in [0.5, 0.6) is 0 Å². The number of nitrogens with one attached hydrogen (secondary N) is 1. The molecule has 1 N–H and O–H groups in total. The molecule has 2 aromatic carbocycles. The van der Waals surface area contributed by atoms with E-state index in [0.717, 1.165) is 5.69 Å². The Kier molecular flexibility index (Phi) is 6.17. The smallest absolute Gasteiger partial charge is 0.255 e. The molecule has 132 valence electrons. The van der Waals surface area contributed by atoms with Crippen molar-refractivity contribution >= 4 is 23.2 Å². The van der Waals surface area contributed by atoms with E-state index in [1.165, 1.54) is 0 Å². The molecule has 0 aromatic heterocycles. The molecule has 0 unspecified atom stereocenters. The third-order valence-corrected chi connectivity index (χ3v) is 4.06. The van der Waals surface area contributed by atoms with Gasteiger partial charge in [-0.05, 0) is 56.3 Å². The zero-order chi connectivity index (χ0) is 18.4. The monoisotopic (exact) mass is 339 g/mol. The first-order valence-electron chi connectivity index (χ1n) is 8.44. The van der Waals surface area contributed by atoms with Crippen LogP contribution in [0.3, 0.4) is 0 Å². The van der Waals surface area contributed by atoms with Gasteiger partial charge in [0.05, 0.1) is 0 Å². The molecule has 2 amide bonds. The second-order valence-corrected chi connectivity index (χ2v) is 5.95. The van der Waals surface area contributed by atoms with Crippen molar-refractivity contribution in [3.05, 3.63) is 59.7 Å². The Morgan fingerprint density at radius 2 is 1.56 bits per heavy atom. The van der Waals surface area contributed by atoms with E-state index in [1.807, 2.05) is 45.0 Å². The van der Waals surface area contributed by atoms with Crippen LogP contribution in [0.15, 0.2) is 48.5 Å². The first-order valence-corrected chi connectivity index (χ1v) is 8.44. The number of hydrogen-bond donors (Lipinski definition) is 1. The van der Waals surface area contributed by atoms with Crippen LogP contribution in [0.4, 0.5) is 11.4 Å². The summed E-state index contributed by atoms with van der Waals surface area (Å²) < 4.78 is 0. The van der Waals surface area contributed by atoms with Crippen LogP contribution in [-0.2, 0) is 0 Å². The fourth-order valence-electron chi connectivity index (χ4n) is 2.54. The van der Waals surface area contributed by atoms with E-state index < -0.39 is 0 Å². The Balaban J connectivity index is 2.13. The van der Waals surface area contributed by atoms with E-state index in [0.29, 0.717) is 29.9 Å². The largest absolute Gasteiger partial charge is 0.378 e. The summed E-state index contributed by atoms with van der Waals surface area (Å²) in [7, 11) is 3.90. The third kappa shape index (κ3) is 4.59. The summed E-state index contributed by atoms with van der Waals surface area (Å²) in [6.07, 6.45) is 0. The zero-order valence-electron chi connectivity index (χ0n) is 15.2. The lowest BCUT2D eigenvalue weighted by molar-refractivity contribution is 0.0772. The number of carbonyl (C=O) groups excluding carboxylic acids is 2. The number of hydrogen-bond acceptors (Lipinski definition) is 3. The molecule has 0 bridgehead atoms. The Morgan fingerprint density at radius 1 is 0.920 bits per heavy atom. The molecule has 2 rings (SSSR count). The van der Waals surface area contributed by atoms with Gasteiger partial charge in [0.25, 0.3) is 11.8 Å². The van der Waals surface area contributed by atoms with E-state index in [-0.39, 0.29) is 11.8 Å². The SMILES string of the molecule is CCN(CC)C(=O)c1cccc(NC(=O)c2ccc(N(C)C)cc2)c1. The molecular weight excluding hydrogens is 314 g/mol. The fraction of sp³-hybridized carbons (Fsp3) is 0.300. The number of benzene rings is 2. The standard InChI is InChI=1S/C20H25N3O2/c1-5-23(6-2)20(25)16-8-7-9-17(14-16)21-19(24)15-10-12-18(13-11-15)22(3)4/h7-14H,5-6H2,1-4H3,(H,21,24). The van der Waals surface area contributed by atoms with Crippen molar-refractivity contribution in [3.63, 3.8) is 0 Å². The number of rotatable bonds is 6. The van der Waals surface area contributed by atoms with Gasteiger partial charge in [0, 0.05) is 49.7 Å². The lowest BCUT2D eigenvalue weighted by Gasteiger charge is -2.19. The van der Waals surface area contributed by atoms with E-state index >= 15 is 0 Å². The Bertz CT molecular complexity index is 735. The van der Waals surface area contributed by atoms with Crippen LogP contribution in [-0.4, -0.2) is 43.9 Å². The summed E-state index contributed by atoms with van der Waals surface area (Å²) >= 11 is 0. The second kappa shape index (κ2) is 8.33. The molecule has 5 nitrogen and oxygen atoms in total. The highest BCUT2D eigenvalue weighted by Gasteiger charge is 2.13. The van der Waals surface area contributed by atoms with Gasteiger partial charge in [0.15, 0.2) is 0 Å². The molecule has 0 aliphatic carbocycles. The first-order chi connectivity index (χ1) is 12.0. The molecule has 0 aliphatic heterocycles. The van der Waals surface area contributed by atoms with Crippen molar-refractivity contribution in [2.24, 2.45) is 0 Å². The second-order valence-electron chi connectivity index (χ2n) is 5.95. The van der Waals surface area contributed by atoms with Gasteiger partial charge in [-0.25, -0.2) is 0 Å². The summed E-state index contributed by atoms with van der Waals surface area (Å²) in [6.45, 7) is 5.21. The third-order valence-electron chi connectivity index (χ3n) is 4.06. The van der Waals surface area contributed by atoms with E-state index in [4.69, 9.17) is 0 Å². The topological polar surface area (TPSA) is 52.7 Å². The molecule has 2 aromatic rings. The van der Waals surface area contributed by atoms with Gasteiger partial charge in [-0.1, -0.05) is 6.07 Å². The summed E-state index contributed by atoms with van der Waals surface area (Å²) in [6, 6.07) is 14.4. The molecule has 0 radical (unpaired) electrons. The Hall–Kier alpha value is -2.82. The van der Waals surface area contributed by atoms with Gasteiger partial charge in [-0.2, -0.15) is 0 Å². The van der Waals surface area contributed by atoms with Gasteiger partial charge in [0.2, 0.25) is 0 Å². The summed E-state index contributed by atoms with van der Waals surface area (Å²) in [5.41, 5.74) is 2.79. The van der Waals surface area contributed by atoms with Gasteiger partial charge in [-0.15, -0.1) is 0 Å². The summed E-state index contributed by atoms with van der Waals surface area (Å²) in [5.74, 6) is -0.228. The van der Waals surface area contributed by atoms with E-state index in [1.54, 1.807) is 41.3 Å². The van der Waals surface area contributed by atoms with Crippen molar-refractivity contribution < 1.29 is 9.59 Å². The average Bonchev–Trinajstić information content (AvgIpc) is 2.63. The first kappa shape index (κ1) is 18.5. The minimum Gasteiger partial charge on any atom is -0.378 e. The predicted molar refractivity (Wildman–Crippen MR) is 102 cm³/mol. The molecule has 0 atom stereocenters. The molecule has 0 fully saturated rings. The Labute approximate surface area is 149 Å². The van der Waals surface area contributed by atoms with Crippen LogP contribution in [0.2, 0.25) is 0 Å². The highest BCUT2D eigenvalue weighted by Crippen LogP contribution is 2.16. The molecule has 0 saturated carbocycles. The fourth-order valence-corrected chi connectivity index (χ4v) is 2.54. The Morgan fingerprint density at radius 3 is 2.12 bits per heavy atom. The van der Waals surface area contributed by atoms with Crippen molar-refractivity contribution in [1.29, 1.82) is 0 Å². The highest BCUT2D eigenvalue weighted by atomic mass is 16.2. The van der Waals surface area contributed by atoms with Crippen LogP contribution in [0, 0.1) is 0 Å². The predicted octanol–water partition coefficient (Wildman–Crippen LogP) is 3.49. The number of carbonyl (C=O) groups is 2. The van der Waals surface area contributed by atoms with Crippen LogP contribution < -0.4 is 10.2 Å². The van der Waals surface area contributed by atoms with Crippen molar-refractivity contribution in [3.8, 4) is 0 Å². The van der Waals surface area contributed by atoms with Crippen LogP contribution in [0.25, 0.3) is 0 Å². The van der Waals surface area contributed by atoms with E-state index in [9.17, 15) is 9.59 Å².